The molecule has 1 fully saturated rings. The first-order valence-electron chi connectivity index (χ1n) is 8.91. The molecule has 3 nitrogen and oxygen atoms in total. The molecule has 0 saturated carbocycles. The van der Waals surface area contributed by atoms with Gasteiger partial charge in [0, 0.05) is 6.42 Å². The molecule has 3 unspecified atom stereocenters. The monoisotopic (exact) mass is 359 g/mol. The molecule has 2 aromatic rings. The van der Waals surface area contributed by atoms with Crippen LogP contribution >= 0.6 is 11.6 Å². The van der Waals surface area contributed by atoms with Crippen LogP contribution < -0.4 is 4.74 Å². The van der Waals surface area contributed by atoms with Gasteiger partial charge in [-0.3, -0.25) is 4.90 Å². The van der Waals surface area contributed by atoms with Crippen molar-refractivity contribution in [2.24, 2.45) is 0 Å². The Kier molecular flexibility index (Phi) is 5.67. The van der Waals surface area contributed by atoms with Crippen LogP contribution in [0, 0.1) is 0 Å². The summed E-state index contributed by atoms with van der Waals surface area (Å²) in [7, 11) is 1.92. The minimum Gasteiger partial charge on any atom is -0.472 e. The molecule has 1 saturated heterocycles. The molecule has 2 aromatic carbocycles. The van der Waals surface area contributed by atoms with E-state index in [4.69, 9.17) is 16.3 Å². The minimum atomic E-state index is -0.580. The number of rotatable bonds is 6. The number of aliphatic hydroxyl groups is 1. The van der Waals surface area contributed by atoms with Crippen LogP contribution in [0.4, 0.5) is 0 Å². The fourth-order valence-corrected chi connectivity index (χ4v) is 3.84. The lowest BCUT2D eigenvalue weighted by Crippen LogP contribution is -2.48. The van der Waals surface area contributed by atoms with E-state index in [0.29, 0.717) is 6.42 Å². The molecule has 3 atom stereocenters. The lowest BCUT2D eigenvalue weighted by Gasteiger charge is -2.37. The van der Waals surface area contributed by atoms with Gasteiger partial charge >= 0.3 is 0 Å². The third-order valence-corrected chi connectivity index (χ3v) is 5.79. The summed E-state index contributed by atoms with van der Waals surface area (Å²) in [5.41, 5.74) is 1.52. The number of aliphatic hydroxyl groups excluding tert-OH is 1. The SMILES string of the molecule is CCC1(Oc2ccccc2CCc2ccccc2)CC(O)C(Cl)N1C. The highest BCUT2D eigenvalue weighted by molar-refractivity contribution is 6.20. The van der Waals surface area contributed by atoms with Gasteiger partial charge in [-0.15, -0.1) is 11.6 Å². The summed E-state index contributed by atoms with van der Waals surface area (Å²) in [5, 5.41) is 10.2. The van der Waals surface area contributed by atoms with Gasteiger partial charge in [0.15, 0.2) is 5.72 Å². The van der Waals surface area contributed by atoms with Gasteiger partial charge in [0.05, 0.1) is 6.10 Å². The Bertz CT molecular complexity index is 693. The third-order valence-electron chi connectivity index (χ3n) is 5.21. The number of hydrogen-bond donors (Lipinski definition) is 1. The predicted octanol–water partition coefficient (Wildman–Crippen LogP) is 4.22. The molecule has 3 rings (SSSR count). The number of benzene rings is 2. The van der Waals surface area contributed by atoms with Crippen molar-refractivity contribution in [2.75, 3.05) is 7.05 Å². The average Bonchev–Trinajstić information content (AvgIpc) is 2.86. The van der Waals surface area contributed by atoms with Crippen LogP contribution in [0.1, 0.15) is 30.9 Å². The highest BCUT2D eigenvalue weighted by atomic mass is 35.5. The second kappa shape index (κ2) is 7.77. The zero-order valence-electron chi connectivity index (χ0n) is 14.9. The summed E-state index contributed by atoms with van der Waals surface area (Å²) in [6.07, 6.45) is 2.58. The Morgan fingerprint density at radius 1 is 1.12 bits per heavy atom. The molecule has 4 heteroatoms. The summed E-state index contributed by atoms with van der Waals surface area (Å²) < 4.78 is 6.47. The topological polar surface area (TPSA) is 32.7 Å². The Morgan fingerprint density at radius 2 is 1.80 bits per heavy atom. The van der Waals surface area contributed by atoms with Gasteiger partial charge < -0.3 is 9.84 Å². The average molecular weight is 360 g/mol. The van der Waals surface area contributed by atoms with Gasteiger partial charge in [-0.25, -0.2) is 0 Å². The summed E-state index contributed by atoms with van der Waals surface area (Å²) >= 11 is 6.32. The quantitative estimate of drug-likeness (QED) is 0.619. The maximum Gasteiger partial charge on any atom is 0.166 e. The van der Waals surface area contributed by atoms with E-state index in [2.05, 4.69) is 37.3 Å². The van der Waals surface area contributed by atoms with Crippen molar-refractivity contribution < 1.29 is 9.84 Å². The lowest BCUT2D eigenvalue weighted by atomic mass is 10.0. The van der Waals surface area contributed by atoms with E-state index < -0.39 is 17.3 Å². The summed E-state index contributed by atoms with van der Waals surface area (Å²) in [4.78, 5) is 1.95. The van der Waals surface area contributed by atoms with E-state index in [0.717, 1.165) is 25.0 Å². The second-order valence-corrected chi connectivity index (χ2v) is 7.20. The van der Waals surface area contributed by atoms with Crippen molar-refractivity contribution in [2.45, 2.75) is 49.9 Å². The van der Waals surface area contributed by atoms with Crippen LogP contribution in [0.3, 0.4) is 0 Å². The van der Waals surface area contributed by atoms with Crippen LogP contribution in [-0.4, -0.2) is 34.4 Å². The molecule has 0 aromatic heterocycles. The minimum absolute atomic E-state index is 0.420. The van der Waals surface area contributed by atoms with E-state index in [-0.39, 0.29) is 0 Å². The Balaban J connectivity index is 1.78. The molecular formula is C21H26ClNO2. The maximum atomic E-state index is 10.2. The molecule has 134 valence electrons. The van der Waals surface area contributed by atoms with Crippen molar-refractivity contribution >= 4 is 11.6 Å². The number of nitrogens with zero attached hydrogens (tertiary/aromatic N) is 1. The van der Waals surface area contributed by atoms with Crippen molar-refractivity contribution in [1.82, 2.24) is 4.90 Å². The molecule has 0 amide bonds. The van der Waals surface area contributed by atoms with E-state index in [9.17, 15) is 5.11 Å². The van der Waals surface area contributed by atoms with Crippen molar-refractivity contribution in [3.05, 3.63) is 65.7 Å². The van der Waals surface area contributed by atoms with Crippen molar-refractivity contribution in [3.8, 4) is 5.75 Å². The van der Waals surface area contributed by atoms with Crippen LogP contribution in [0.5, 0.6) is 5.75 Å². The number of likely N-dealkylation sites (tertiary alicyclic amines) is 1. The van der Waals surface area contributed by atoms with Gasteiger partial charge in [-0.2, -0.15) is 0 Å². The molecule has 1 aliphatic heterocycles. The fourth-order valence-electron chi connectivity index (χ4n) is 3.57. The summed E-state index contributed by atoms with van der Waals surface area (Å²) in [5.74, 6) is 0.880. The molecule has 0 radical (unpaired) electrons. The standard InChI is InChI=1S/C21H26ClNO2/c1-3-21(15-18(24)20(22)23(21)2)25-19-12-8-7-11-17(19)14-13-16-9-5-4-6-10-16/h4-12,18,20,24H,3,13-15H2,1-2H3. The van der Waals surface area contributed by atoms with Gasteiger partial charge in [0.25, 0.3) is 0 Å². The van der Waals surface area contributed by atoms with Crippen molar-refractivity contribution in [1.29, 1.82) is 0 Å². The molecule has 0 spiro atoms. The molecule has 25 heavy (non-hydrogen) atoms. The van der Waals surface area contributed by atoms with E-state index in [1.165, 1.54) is 11.1 Å². The fraction of sp³-hybridized carbons (Fsp3) is 0.429. The molecule has 0 bridgehead atoms. The third kappa shape index (κ3) is 3.84. The summed E-state index contributed by atoms with van der Waals surface area (Å²) in [6.45, 7) is 2.07. The van der Waals surface area contributed by atoms with Crippen LogP contribution in [0.25, 0.3) is 0 Å². The molecule has 1 heterocycles. The molecule has 1 aliphatic rings. The zero-order chi connectivity index (χ0) is 17.9. The lowest BCUT2D eigenvalue weighted by molar-refractivity contribution is -0.0511. The number of aryl methyl sites for hydroxylation is 2. The Labute approximate surface area is 155 Å². The van der Waals surface area contributed by atoms with Gasteiger partial charge in [-0.1, -0.05) is 55.5 Å². The normalized spacial score (nSPS) is 26.7. The van der Waals surface area contributed by atoms with E-state index >= 15 is 0 Å². The van der Waals surface area contributed by atoms with Gasteiger partial charge in [-0.05, 0) is 43.5 Å². The second-order valence-electron chi connectivity index (χ2n) is 6.75. The molecule has 1 N–H and O–H groups in total. The first-order chi connectivity index (χ1) is 12.1. The van der Waals surface area contributed by atoms with E-state index in [1.807, 2.05) is 36.2 Å². The molecular weight excluding hydrogens is 334 g/mol. The highest BCUT2D eigenvalue weighted by Crippen LogP contribution is 2.39. The van der Waals surface area contributed by atoms with Crippen LogP contribution in [-0.2, 0) is 12.8 Å². The first-order valence-corrected chi connectivity index (χ1v) is 9.35. The smallest absolute Gasteiger partial charge is 0.166 e. The predicted molar refractivity (Wildman–Crippen MR) is 102 cm³/mol. The van der Waals surface area contributed by atoms with Gasteiger partial charge in [0.2, 0.25) is 0 Å². The highest BCUT2D eigenvalue weighted by Gasteiger charge is 2.49. The Morgan fingerprint density at radius 3 is 2.44 bits per heavy atom. The van der Waals surface area contributed by atoms with Crippen molar-refractivity contribution in [3.63, 3.8) is 0 Å². The summed E-state index contributed by atoms with van der Waals surface area (Å²) in [6, 6.07) is 18.6. The largest absolute Gasteiger partial charge is 0.472 e. The number of likely N-dealkylation sites (N-methyl/N-ethyl adjacent to an activating group) is 1. The van der Waals surface area contributed by atoms with E-state index in [1.54, 1.807) is 0 Å². The first kappa shape index (κ1) is 18.2. The van der Waals surface area contributed by atoms with Crippen LogP contribution in [0.15, 0.2) is 54.6 Å². The maximum absolute atomic E-state index is 10.2. The Hall–Kier alpha value is -1.55. The number of para-hydroxylation sites is 1. The van der Waals surface area contributed by atoms with Crippen LogP contribution in [0.2, 0.25) is 0 Å². The number of alkyl halides is 1. The number of hydrogen-bond acceptors (Lipinski definition) is 3. The molecule has 0 aliphatic carbocycles. The zero-order valence-corrected chi connectivity index (χ0v) is 15.6. The number of halogens is 1. The van der Waals surface area contributed by atoms with Gasteiger partial charge in [0.1, 0.15) is 11.3 Å². The number of ether oxygens (including phenoxy) is 1.